The minimum atomic E-state index is -0.286. The van der Waals surface area contributed by atoms with Gasteiger partial charge in [-0.2, -0.15) is 0 Å². The number of hydrogen-bond acceptors (Lipinski definition) is 5. The van der Waals surface area contributed by atoms with Crippen molar-refractivity contribution in [1.29, 1.82) is 0 Å². The summed E-state index contributed by atoms with van der Waals surface area (Å²) in [5, 5.41) is 3.67. The third-order valence-corrected chi connectivity index (χ3v) is 4.32. The Kier molecular flexibility index (Phi) is 5.60. The second-order valence-corrected chi connectivity index (χ2v) is 6.37. The van der Waals surface area contributed by atoms with E-state index in [2.05, 4.69) is 32.1 Å². The van der Waals surface area contributed by atoms with Crippen molar-refractivity contribution in [3.8, 4) is 11.4 Å². The molecule has 1 fully saturated rings. The number of piperazine rings is 1. The van der Waals surface area contributed by atoms with E-state index < -0.39 is 0 Å². The summed E-state index contributed by atoms with van der Waals surface area (Å²) in [5.74, 6) is 0.888. The fourth-order valence-corrected chi connectivity index (χ4v) is 2.83. The zero-order valence-corrected chi connectivity index (χ0v) is 14.4. The molecule has 5 nitrogen and oxygen atoms in total. The van der Waals surface area contributed by atoms with Crippen molar-refractivity contribution in [3.05, 3.63) is 41.3 Å². The summed E-state index contributed by atoms with van der Waals surface area (Å²) in [6.45, 7) is 6.14. The Morgan fingerprint density at radius 1 is 1.12 bits per heavy atom. The van der Waals surface area contributed by atoms with Crippen LogP contribution in [0.3, 0.4) is 0 Å². The van der Waals surface area contributed by atoms with Gasteiger partial charge in [0.05, 0.1) is 0 Å². The number of nitrogens with zero attached hydrogens (tertiary/aromatic N) is 4. The normalized spacial score (nSPS) is 16.3. The number of likely N-dealkylation sites (N-methyl/N-ethyl adjacent to an activating group) is 1. The molecule has 1 aromatic heterocycles. The molecule has 0 spiro atoms. The van der Waals surface area contributed by atoms with Crippen LogP contribution in [0.4, 0.5) is 10.2 Å². The van der Waals surface area contributed by atoms with Crippen molar-refractivity contribution in [2.75, 3.05) is 51.6 Å². The molecule has 0 aliphatic carbocycles. The standard InChI is InChI=1S/C17H21ClFN5/c1-23-8-10-24(11-9-23)7-6-20-16-12-15(18)21-17(22-16)13-2-4-14(19)5-3-13/h2-5,12H,6-11H2,1H3,(H,20,21,22). The predicted molar refractivity (Wildman–Crippen MR) is 94.9 cm³/mol. The van der Waals surface area contributed by atoms with Crippen molar-refractivity contribution >= 4 is 17.4 Å². The molecule has 1 N–H and O–H groups in total. The zero-order chi connectivity index (χ0) is 16.9. The van der Waals surface area contributed by atoms with Crippen molar-refractivity contribution < 1.29 is 4.39 Å². The lowest BCUT2D eigenvalue weighted by atomic mass is 10.2. The van der Waals surface area contributed by atoms with E-state index in [-0.39, 0.29) is 5.82 Å². The molecule has 0 radical (unpaired) electrons. The van der Waals surface area contributed by atoms with Crippen LogP contribution in [0.2, 0.25) is 5.15 Å². The fourth-order valence-electron chi connectivity index (χ4n) is 2.65. The van der Waals surface area contributed by atoms with Gasteiger partial charge in [0.25, 0.3) is 0 Å². The summed E-state index contributed by atoms with van der Waals surface area (Å²) in [5.41, 5.74) is 0.737. The molecule has 1 aliphatic heterocycles. The molecule has 128 valence electrons. The molecule has 0 atom stereocenters. The van der Waals surface area contributed by atoms with E-state index in [1.54, 1.807) is 18.2 Å². The molecule has 1 aliphatic rings. The van der Waals surface area contributed by atoms with Crippen LogP contribution in [-0.2, 0) is 0 Å². The highest BCUT2D eigenvalue weighted by Crippen LogP contribution is 2.20. The second kappa shape index (κ2) is 7.88. The molecule has 0 unspecified atom stereocenters. The Balaban J connectivity index is 1.60. The Morgan fingerprint density at radius 2 is 1.83 bits per heavy atom. The molecule has 0 saturated carbocycles. The molecular formula is C17H21ClFN5. The van der Waals surface area contributed by atoms with Gasteiger partial charge in [-0.25, -0.2) is 14.4 Å². The van der Waals surface area contributed by atoms with Gasteiger partial charge in [0.1, 0.15) is 16.8 Å². The summed E-state index contributed by atoms with van der Waals surface area (Å²) in [6.07, 6.45) is 0. The van der Waals surface area contributed by atoms with E-state index in [4.69, 9.17) is 11.6 Å². The van der Waals surface area contributed by atoms with Crippen molar-refractivity contribution in [3.63, 3.8) is 0 Å². The van der Waals surface area contributed by atoms with Crippen LogP contribution in [-0.4, -0.2) is 66.1 Å². The monoisotopic (exact) mass is 349 g/mol. The lowest BCUT2D eigenvalue weighted by molar-refractivity contribution is 0.158. The van der Waals surface area contributed by atoms with Gasteiger partial charge in [0, 0.05) is 50.9 Å². The quantitative estimate of drug-likeness (QED) is 0.841. The van der Waals surface area contributed by atoms with Gasteiger partial charge >= 0.3 is 0 Å². The lowest BCUT2D eigenvalue weighted by Crippen LogP contribution is -2.45. The van der Waals surface area contributed by atoms with Crippen LogP contribution in [0.5, 0.6) is 0 Å². The van der Waals surface area contributed by atoms with Gasteiger partial charge in [0.15, 0.2) is 5.82 Å². The first-order valence-corrected chi connectivity index (χ1v) is 8.43. The fraction of sp³-hybridized carbons (Fsp3) is 0.412. The summed E-state index contributed by atoms with van der Waals surface area (Å²) in [7, 11) is 2.15. The van der Waals surface area contributed by atoms with Crippen LogP contribution < -0.4 is 5.32 Å². The first kappa shape index (κ1) is 17.1. The van der Waals surface area contributed by atoms with Crippen LogP contribution >= 0.6 is 11.6 Å². The highest BCUT2D eigenvalue weighted by molar-refractivity contribution is 6.29. The Bertz CT molecular complexity index is 671. The molecule has 7 heteroatoms. The van der Waals surface area contributed by atoms with Gasteiger partial charge in [-0.3, -0.25) is 4.90 Å². The first-order chi connectivity index (χ1) is 11.6. The summed E-state index contributed by atoms with van der Waals surface area (Å²) in [6, 6.07) is 7.78. The topological polar surface area (TPSA) is 44.3 Å². The van der Waals surface area contributed by atoms with E-state index >= 15 is 0 Å². The van der Waals surface area contributed by atoms with E-state index in [0.29, 0.717) is 16.8 Å². The number of anilines is 1. The number of aromatic nitrogens is 2. The molecule has 1 aromatic carbocycles. The average Bonchev–Trinajstić information content (AvgIpc) is 2.57. The van der Waals surface area contributed by atoms with Gasteiger partial charge in [-0.05, 0) is 31.3 Å². The second-order valence-electron chi connectivity index (χ2n) is 5.98. The predicted octanol–water partition coefficient (Wildman–Crippen LogP) is 2.60. The third-order valence-electron chi connectivity index (χ3n) is 4.13. The van der Waals surface area contributed by atoms with Gasteiger partial charge in [-0.15, -0.1) is 0 Å². The van der Waals surface area contributed by atoms with Gasteiger partial charge in [0.2, 0.25) is 0 Å². The minimum Gasteiger partial charge on any atom is -0.369 e. The van der Waals surface area contributed by atoms with Crippen LogP contribution in [0, 0.1) is 5.82 Å². The Morgan fingerprint density at radius 3 is 2.54 bits per heavy atom. The molecule has 1 saturated heterocycles. The Hall–Kier alpha value is -1.76. The molecule has 0 bridgehead atoms. The first-order valence-electron chi connectivity index (χ1n) is 8.05. The molecule has 3 rings (SSSR count). The van der Waals surface area contributed by atoms with Crippen LogP contribution in [0.1, 0.15) is 0 Å². The maximum absolute atomic E-state index is 13.0. The average molecular weight is 350 g/mol. The minimum absolute atomic E-state index is 0.286. The van der Waals surface area contributed by atoms with Gasteiger partial charge in [-0.1, -0.05) is 11.6 Å². The smallest absolute Gasteiger partial charge is 0.163 e. The van der Waals surface area contributed by atoms with Crippen molar-refractivity contribution in [1.82, 2.24) is 19.8 Å². The van der Waals surface area contributed by atoms with E-state index in [9.17, 15) is 4.39 Å². The molecule has 0 amide bonds. The largest absolute Gasteiger partial charge is 0.369 e. The summed E-state index contributed by atoms with van der Waals surface area (Å²) in [4.78, 5) is 13.5. The van der Waals surface area contributed by atoms with E-state index in [0.717, 1.165) is 44.8 Å². The Labute approximate surface area is 146 Å². The number of rotatable bonds is 5. The summed E-state index contributed by atoms with van der Waals surface area (Å²) < 4.78 is 13.0. The summed E-state index contributed by atoms with van der Waals surface area (Å²) >= 11 is 6.09. The number of nitrogens with one attached hydrogen (secondary N) is 1. The zero-order valence-electron chi connectivity index (χ0n) is 13.7. The molecule has 2 aromatic rings. The lowest BCUT2D eigenvalue weighted by Gasteiger charge is -2.32. The van der Waals surface area contributed by atoms with E-state index in [1.165, 1.54) is 12.1 Å². The number of halogens is 2. The third kappa shape index (κ3) is 4.63. The molecule has 2 heterocycles. The number of hydrogen-bond donors (Lipinski definition) is 1. The molecular weight excluding hydrogens is 329 g/mol. The van der Waals surface area contributed by atoms with Gasteiger partial charge < -0.3 is 10.2 Å². The highest BCUT2D eigenvalue weighted by Gasteiger charge is 2.13. The number of benzene rings is 1. The van der Waals surface area contributed by atoms with Crippen LogP contribution in [0.15, 0.2) is 30.3 Å². The van der Waals surface area contributed by atoms with Crippen LogP contribution in [0.25, 0.3) is 11.4 Å². The van der Waals surface area contributed by atoms with Crippen molar-refractivity contribution in [2.45, 2.75) is 0 Å². The highest BCUT2D eigenvalue weighted by atomic mass is 35.5. The SMILES string of the molecule is CN1CCN(CCNc2cc(Cl)nc(-c3ccc(F)cc3)n2)CC1. The maximum Gasteiger partial charge on any atom is 0.163 e. The molecule has 24 heavy (non-hydrogen) atoms. The van der Waals surface area contributed by atoms with E-state index in [1.807, 2.05) is 0 Å². The van der Waals surface area contributed by atoms with Crippen molar-refractivity contribution in [2.24, 2.45) is 0 Å². The maximum atomic E-state index is 13.0.